The zero-order valence-corrected chi connectivity index (χ0v) is 20.2. The third-order valence-corrected chi connectivity index (χ3v) is 8.23. The topological polar surface area (TPSA) is 43.1 Å². The van der Waals surface area contributed by atoms with Crippen molar-refractivity contribution in [2.24, 2.45) is 0 Å². The van der Waals surface area contributed by atoms with Crippen molar-refractivity contribution in [3.8, 4) is 0 Å². The Morgan fingerprint density at radius 2 is 1.50 bits per heavy atom. The molecule has 0 aliphatic heterocycles. The molecule has 2 bridgehead atoms. The van der Waals surface area contributed by atoms with E-state index < -0.39 is 5.41 Å². The Morgan fingerprint density at radius 1 is 0.824 bits per heavy atom. The largest absolute Gasteiger partial charge is 0.269 e. The molecule has 7 rings (SSSR count). The summed E-state index contributed by atoms with van der Waals surface area (Å²) < 4.78 is 0. The monoisotopic (exact) mass is 485 g/mol. The summed E-state index contributed by atoms with van der Waals surface area (Å²) in [7, 11) is 0. The van der Waals surface area contributed by atoms with Gasteiger partial charge in [0.05, 0.1) is 10.3 Å². The standard InChI is InChI=1S/C29H21Cl2NO2/c1-16-9-10-17(2)27-24(16)25-20-5-3-8-23(31)28(20)29(27,21-6-4-7-22(30)26(21)25)15-18-11-13-19(14-12-18)32(33)34/h3-14,25H,15H2,1-2H3. The van der Waals surface area contributed by atoms with Crippen LogP contribution in [-0.4, -0.2) is 4.92 Å². The molecule has 3 aliphatic carbocycles. The lowest BCUT2D eigenvalue weighted by Gasteiger charge is -2.52. The first kappa shape index (κ1) is 21.4. The van der Waals surface area contributed by atoms with Crippen LogP contribution in [0.1, 0.15) is 56.0 Å². The van der Waals surface area contributed by atoms with Gasteiger partial charge in [0.25, 0.3) is 5.69 Å². The molecule has 0 radical (unpaired) electrons. The lowest BCUT2D eigenvalue weighted by atomic mass is 9.50. The normalized spacial score (nSPS) is 19.4. The zero-order valence-electron chi connectivity index (χ0n) is 18.7. The molecule has 3 nitrogen and oxygen atoms in total. The smallest absolute Gasteiger partial charge is 0.258 e. The van der Waals surface area contributed by atoms with E-state index in [9.17, 15) is 10.1 Å². The molecule has 0 amide bonds. The molecule has 168 valence electrons. The van der Waals surface area contributed by atoms with Crippen LogP contribution in [0.15, 0.2) is 72.8 Å². The van der Waals surface area contributed by atoms with Crippen molar-refractivity contribution >= 4 is 28.9 Å². The molecule has 2 unspecified atom stereocenters. The Balaban J connectivity index is 1.75. The van der Waals surface area contributed by atoms with Crippen molar-refractivity contribution in [1.29, 1.82) is 0 Å². The van der Waals surface area contributed by atoms with Gasteiger partial charge in [0.2, 0.25) is 0 Å². The van der Waals surface area contributed by atoms with Crippen LogP contribution >= 0.6 is 23.2 Å². The van der Waals surface area contributed by atoms with Crippen molar-refractivity contribution < 1.29 is 4.92 Å². The third-order valence-electron chi connectivity index (χ3n) is 7.59. The predicted molar refractivity (Wildman–Crippen MR) is 136 cm³/mol. The number of benzene rings is 4. The van der Waals surface area contributed by atoms with Gasteiger partial charge < -0.3 is 0 Å². The number of hydrogen-bond acceptors (Lipinski definition) is 2. The van der Waals surface area contributed by atoms with Crippen LogP contribution in [0.3, 0.4) is 0 Å². The van der Waals surface area contributed by atoms with Gasteiger partial charge >= 0.3 is 0 Å². The molecule has 2 atom stereocenters. The molecule has 3 aliphatic rings. The van der Waals surface area contributed by atoms with Crippen LogP contribution < -0.4 is 0 Å². The summed E-state index contributed by atoms with van der Waals surface area (Å²) in [5.41, 5.74) is 10.2. The van der Waals surface area contributed by atoms with E-state index in [4.69, 9.17) is 23.2 Å². The molecule has 0 aromatic heterocycles. The van der Waals surface area contributed by atoms with Gasteiger partial charge in [0, 0.05) is 28.1 Å². The van der Waals surface area contributed by atoms with E-state index in [1.807, 2.05) is 36.4 Å². The summed E-state index contributed by atoms with van der Waals surface area (Å²) in [6.07, 6.45) is 0.624. The first-order valence-electron chi connectivity index (χ1n) is 11.3. The molecule has 0 saturated heterocycles. The van der Waals surface area contributed by atoms with Gasteiger partial charge in [-0.05, 0) is 82.5 Å². The van der Waals surface area contributed by atoms with Crippen LogP contribution in [0.25, 0.3) is 0 Å². The molecular formula is C29H21Cl2NO2. The van der Waals surface area contributed by atoms with Crippen molar-refractivity contribution in [3.63, 3.8) is 0 Å². The number of halogens is 2. The highest BCUT2D eigenvalue weighted by molar-refractivity contribution is 6.32. The van der Waals surface area contributed by atoms with Crippen LogP contribution in [0, 0.1) is 24.0 Å². The van der Waals surface area contributed by atoms with E-state index in [-0.39, 0.29) is 16.5 Å². The fourth-order valence-corrected chi connectivity index (χ4v) is 7.00. The second-order valence-electron chi connectivity index (χ2n) is 9.33. The molecule has 0 saturated carbocycles. The van der Waals surface area contributed by atoms with Crippen molar-refractivity contribution in [3.05, 3.63) is 143 Å². The van der Waals surface area contributed by atoms with Crippen molar-refractivity contribution in [1.82, 2.24) is 0 Å². The van der Waals surface area contributed by atoms with Crippen LogP contribution in [-0.2, 0) is 11.8 Å². The number of rotatable bonds is 3. The number of nitro groups is 1. The lowest BCUT2D eigenvalue weighted by molar-refractivity contribution is -0.384. The minimum Gasteiger partial charge on any atom is -0.258 e. The maximum absolute atomic E-state index is 11.3. The number of hydrogen-bond donors (Lipinski definition) is 0. The van der Waals surface area contributed by atoms with E-state index in [0.29, 0.717) is 6.42 Å². The number of nitro benzene ring substituents is 1. The van der Waals surface area contributed by atoms with Gasteiger partial charge in [0.15, 0.2) is 0 Å². The lowest BCUT2D eigenvalue weighted by Crippen LogP contribution is -2.45. The van der Waals surface area contributed by atoms with Crippen LogP contribution in [0.4, 0.5) is 5.69 Å². The fourth-order valence-electron chi connectivity index (χ4n) is 6.37. The molecule has 0 N–H and O–H groups in total. The van der Waals surface area contributed by atoms with Gasteiger partial charge in [0.1, 0.15) is 0 Å². The molecule has 0 spiro atoms. The van der Waals surface area contributed by atoms with Gasteiger partial charge in [-0.1, -0.05) is 71.7 Å². The maximum atomic E-state index is 11.3. The second kappa shape index (κ2) is 7.43. The zero-order chi connectivity index (χ0) is 23.8. The highest BCUT2D eigenvalue weighted by Crippen LogP contribution is 2.63. The van der Waals surface area contributed by atoms with E-state index in [2.05, 4.69) is 38.1 Å². The Morgan fingerprint density at radius 3 is 2.24 bits per heavy atom. The Hall–Kier alpha value is -3.14. The first-order valence-corrected chi connectivity index (χ1v) is 12.0. The molecule has 5 heteroatoms. The average Bonchev–Trinajstić information content (AvgIpc) is 2.82. The van der Waals surface area contributed by atoms with Crippen LogP contribution in [0.5, 0.6) is 0 Å². The molecule has 4 aromatic rings. The summed E-state index contributed by atoms with van der Waals surface area (Å²) in [5.74, 6) is 0.0195. The highest BCUT2D eigenvalue weighted by atomic mass is 35.5. The summed E-state index contributed by atoms with van der Waals surface area (Å²) in [6, 6.07) is 23.6. The minimum atomic E-state index is -0.551. The van der Waals surface area contributed by atoms with Gasteiger partial charge in [-0.2, -0.15) is 0 Å². The molecule has 0 heterocycles. The van der Waals surface area contributed by atoms with Gasteiger partial charge in [-0.25, -0.2) is 0 Å². The first-order chi connectivity index (χ1) is 16.3. The van der Waals surface area contributed by atoms with E-state index in [1.54, 1.807) is 12.1 Å². The Bertz CT molecular complexity index is 1510. The molecular weight excluding hydrogens is 465 g/mol. The summed E-state index contributed by atoms with van der Waals surface area (Å²) in [6.45, 7) is 4.33. The summed E-state index contributed by atoms with van der Waals surface area (Å²) >= 11 is 13.9. The summed E-state index contributed by atoms with van der Waals surface area (Å²) in [5, 5.41) is 12.8. The average molecular weight is 486 g/mol. The molecule has 4 aromatic carbocycles. The van der Waals surface area contributed by atoms with E-state index in [1.165, 1.54) is 33.4 Å². The number of non-ortho nitro benzene ring substituents is 1. The second-order valence-corrected chi connectivity index (χ2v) is 10.1. The quantitative estimate of drug-likeness (QED) is 0.218. The van der Waals surface area contributed by atoms with Crippen LogP contribution in [0.2, 0.25) is 10.0 Å². The number of nitrogens with zero attached hydrogens (tertiary/aromatic N) is 1. The SMILES string of the molecule is Cc1ccc(C)c2c1C1c3cccc(Cl)c3C2(Cc2ccc([N+](=O)[O-])cc2)c2cccc(Cl)c21. The summed E-state index contributed by atoms with van der Waals surface area (Å²) in [4.78, 5) is 10.9. The van der Waals surface area contributed by atoms with Gasteiger partial charge in [-0.3, -0.25) is 10.1 Å². The van der Waals surface area contributed by atoms with Crippen molar-refractivity contribution in [2.75, 3.05) is 0 Å². The van der Waals surface area contributed by atoms with E-state index in [0.717, 1.165) is 26.7 Å². The Kier molecular flexibility index (Phi) is 4.68. The fraction of sp³-hybridized carbons (Fsp3) is 0.172. The molecule has 34 heavy (non-hydrogen) atoms. The minimum absolute atomic E-state index is 0.0195. The third kappa shape index (κ3) is 2.71. The van der Waals surface area contributed by atoms with E-state index >= 15 is 0 Å². The predicted octanol–water partition coefficient (Wildman–Crippen LogP) is 7.90. The number of aryl methyl sites for hydroxylation is 2. The maximum Gasteiger partial charge on any atom is 0.269 e. The van der Waals surface area contributed by atoms with Crippen molar-refractivity contribution in [2.45, 2.75) is 31.6 Å². The Labute approximate surface area is 208 Å². The van der Waals surface area contributed by atoms with Gasteiger partial charge in [-0.15, -0.1) is 0 Å². The molecule has 0 fully saturated rings. The highest BCUT2D eigenvalue weighted by Gasteiger charge is 2.54.